The van der Waals surface area contributed by atoms with Crippen LogP contribution in [0.25, 0.3) is 0 Å². The Balaban J connectivity index is 2.90. The number of hydrogen-bond acceptors (Lipinski definition) is 1. The van der Waals surface area contributed by atoms with E-state index in [-0.39, 0.29) is 0 Å². The first kappa shape index (κ1) is 13.0. The van der Waals surface area contributed by atoms with Crippen molar-refractivity contribution < 1.29 is 4.74 Å². The van der Waals surface area contributed by atoms with E-state index in [2.05, 4.69) is 57.8 Å². The summed E-state index contributed by atoms with van der Waals surface area (Å²) < 4.78 is 6.49. The Hall–Kier alpha value is -0.0200. The molecule has 0 fully saturated rings. The van der Waals surface area contributed by atoms with E-state index in [1.165, 1.54) is 5.56 Å². The maximum absolute atomic E-state index is 5.47. The third-order valence-electron chi connectivity index (χ3n) is 2.16. The molecule has 0 saturated carbocycles. The Morgan fingerprint density at radius 2 is 2.00 bits per heavy atom. The zero-order valence-corrected chi connectivity index (χ0v) is 12.4. The van der Waals surface area contributed by atoms with Crippen LogP contribution < -0.4 is 4.74 Å². The van der Waals surface area contributed by atoms with E-state index in [9.17, 15) is 0 Å². The molecule has 1 atom stereocenters. The molecule has 3 heteroatoms. The molecule has 0 bridgehead atoms. The van der Waals surface area contributed by atoms with Crippen molar-refractivity contribution in [3.8, 4) is 5.75 Å². The number of rotatable bonds is 4. The van der Waals surface area contributed by atoms with Crippen molar-refractivity contribution in [2.24, 2.45) is 5.92 Å². The summed E-state index contributed by atoms with van der Waals surface area (Å²) >= 11 is 7.21. The maximum atomic E-state index is 5.47. The largest absolute Gasteiger partial charge is 0.493 e. The fraction of sp³-hybridized carbons (Fsp3) is 0.500. The van der Waals surface area contributed by atoms with Gasteiger partial charge in [-0.25, -0.2) is 0 Å². The normalized spacial score (nSPS) is 12.9. The van der Waals surface area contributed by atoms with Gasteiger partial charge < -0.3 is 4.74 Å². The quantitative estimate of drug-likeness (QED) is 0.708. The molecule has 0 aromatic heterocycles. The minimum absolute atomic E-state index is 0.393. The van der Waals surface area contributed by atoms with E-state index in [0.717, 1.165) is 10.2 Å². The molecule has 1 rings (SSSR count). The molecule has 15 heavy (non-hydrogen) atoms. The first-order valence-corrected chi connectivity index (χ1v) is 6.83. The second-order valence-corrected chi connectivity index (χ2v) is 5.61. The predicted octanol–water partition coefficient (Wildman–Crippen LogP) is 4.94. The molecule has 0 saturated heterocycles. The number of halogens is 2. The molecule has 1 aromatic rings. The van der Waals surface area contributed by atoms with Gasteiger partial charge in [0, 0.05) is 4.83 Å². The molecule has 0 amide bonds. The van der Waals surface area contributed by atoms with E-state index < -0.39 is 0 Å². The summed E-state index contributed by atoms with van der Waals surface area (Å²) in [5.74, 6) is 1.49. The standard InChI is InChI=1S/C12H16Br2O/c1-4-15-11-6-5-9(7-10(11)13)12(14)8(2)3/h5-8,12H,4H2,1-3H3. The van der Waals surface area contributed by atoms with Gasteiger partial charge in [0.25, 0.3) is 0 Å². The fourth-order valence-electron chi connectivity index (χ4n) is 1.35. The highest BCUT2D eigenvalue weighted by Crippen LogP contribution is 2.35. The van der Waals surface area contributed by atoms with Crippen LogP contribution in [0.5, 0.6) is 5.75 Å². The highest BCUT2D eigenvalue weighted by Gasteiger charge is 2.13. The molecule has 0 aliphatic rings. The molecule has 0 spiro atoms. The predicted molar refractivity (Wildman–Crippen MR) is 71.8 cm³/mol. The lowest BCUT2D eigenvalue weighted by atomic mass is 10.0. The monoisotopic (exact) mass is 334 g/mol. The topological polar surface area (TPSA) is 9.23 Å². The van der Waals surface area contributed by atoms with Crippen LogP contribution in [0, 0.1) is 5.92 Å². The Labute approximate surface area is 108 Å². The van der Waals surface area contributed by atoms with Crippen molar-refractivity contribution in [1.82, 2.24) is 0 Å². The Morgan fingerprint density at radius 3 is 2.47 bits per heavy atom. The van der Waals surface area contributed by atoms with Gasteiger partial charge in [-0.2, -0.15) is 0 Å². The van der Waals surface area contributed by atoms with Crippen LogP contribution >= 0.6 is 31.9 Å². The summed E-state index contributed by atoms with van der Waals surface area (Å²) in [6, 6.07) is 6.24. The second-order valence-electron chi connectivity index (χ2n) is 3.77. The van der Waals surface area contributed by atoms with Crippen molar-refractivity contribution >= 4 is 31.9 Å². The zero-order valence-electron chi connectivity index (χ0n) is 9.26. The van der Waals surface area contributed by atoms with Gasteiger partial charge in [-0.15, -0.1) is 0 Å². The summed E-state index contributed by atoms with van der Waals surface area (Å²) in [6.45, 7) is 7.08. The number of hydrogen-bond donors (Lipinski definition) is 0. The van der Waals surface area contributed by atoms with Gasteiger partial charge in [-0.05, 0) is 46.5 Å². The smallest absolute Gasteiger partial charge is 0.133 e. The molecule has 84 valence electrons. The van der Waals surface area contributed by atoms with Gasteiger partial charge in [-0.3, -0.25) is 0 Å². The van der Waals surface area contributed by atoms with Crippen LogP contribution in [-0.4, -0.2) is 6.61 Å². The summed E-state index contributed by atoms with van der Waals surface area (Å²) in [6.07, 6.45) is 0. The van der Waals surface area contributed by atoms with Gasteiger partial charge >= 0.3 is 0 Å². The molecule has 0 heterocycles. The van der Waals surface area contributed by atoms with E-state index in [4.69, 9.17) is 4.74 Å². The van der Waals surface area contributed by atoms with Gasteiger partial charge in [0.05, 0.1) is 11.1 Å². The van der Waals surface area contributed by atoms with Gasteiger partial charge in [0.1, 0.15) is 5.75 Å². The highest BCUT2D eigenvalue weighted by atomic mass is 79.9. The minimum atomic E-state index is 0.393. The third-order valence-corrected chi connectivity index (χ3v) is 4.37. The van der Waals surface area contributed by atoms with E-state index in [1.54, 1.807) is 0 Å². The minimum Gasteiger partial charge on any atom is -0.493 e. The van der Waals surface area contributed by atoms with Crippen LogP contribution in [0.2, 0.25) is 0 Å². The molecule has 1 unspecified atom stereocenters. The number of ether oxygens (including phenoxy) is 1. The average molecular weight is 336 g/mol. The van der Waals surface area contributed by atoms with Crippen LogP contribution in [0.4, 0.5) is 0 Å². The summed E-state index contributed by atoms with van der Waals surface area (Å²) in [5, 5.41) is 0. The molecule has 1 aromatic carbocycles. The highest BCUT2D eigenvalue weighted by molar-refractivity contribution is 9.10. The lowest BCUT2D eigenvalue weighted by Crippen LogP contribution is -1.99. The van der Waals surface area contributed by atoms with Crippen LogP contribution in [0.15, 0.2) is 22.7 Å². The maximum Gasteiger partial charge on any atom is 0.133 e. The average Bonchev–Trinajstić information content (AvgIpc) is 2.20. The third kappa shape index (κ3) is 3.49. The van der Waals surface area contributed by atoms with Crippen molar-refractivity contribution in [1.29, 1.82) is 0 Å². The number of benzene rings is 1. The summed E-state index contributed by atoms with van der Waals surface area (Å²) in [4.78, 5) is 0.393. The lowest BCUT2D eigenvalue weighted by molar-refractivity contribution is 0.338. The van der Waals surface area contributed by atoms with Crippen molar-refractivity contribution in [2.45, 2.75) is 25.6 Å². The molecular weight excluding hydrogens is 320 g/mol. The Kier molecular flexibility index (Phi) is 5.13. The van der Waals surface area contributed by atoms with E-state index >= 15 is 0 Å². The molecule has 0 aliphatic carbocycles. The Morgan fingerprint density at radius 1 is 1.33 bits per heavy atom. The number of alkyl halides is 1. The first-order chi connectivity index (χ1) is 7.06. The molecular formula is C12H16Br2O. The van der Waals surface area contributed by atoms with E-state index in [1.807, 2.05) is 13.0 Å². The van der Waals surface area contributed by atoms with Crippen molar-refractivity contribution in [2.75, 3.05) is 6.61 Å². The van der Waals surface area contributed by atoms with Crippen molar-refractivity contribution in [3.63, 3.8) is 0 Å². The van der Waals surface area contributed by atoms with E-state index in [0.29, 0.717) is 17.4 Å². The zero-order chi connectivity index (χ0) is 11.4. The van der Waals surface area contributed by atoms with Crippen LogP contribution in [0.1, 0.15) is 31.2 Å². The SMILES string of the molecule is CCOc1ccc(C(Br)C(C)C)cc1Br. The van der Waals surface area contributed by atoms with Gasteiger partial charge in [0.2, 0.25) is 0 Å². The molecule has 0 radical (unpaired) electrons. The molecule has 0 aliphatic heterocycles. The van der Waals surface area contributed by atoms with Gasteiger partial charge in [-0.1, -0.05) is 35.8 Å². The van der Waals surface area contributed by atoms with Gasteiger partial charge in [0.15, 0.2) is 0 Å². The van der Waals surface area contributed by atoms with Crippen molar-refractivity contribution in [3.05, 3.63) is 28.2 Å². The fourth-order valence-corrected chi connectivity index (χ4v) is 2.14. The molecule has 1 nitrogen and oxygen atoms in total. The Bertz CT molecular complexity index is 323. The van der Waals surface area contributed by atoms with Crippen LogP contribution in [-0.2, 0) is 0 Å². The summed E-state index contributed by atoms with van der Waals surface area (Å²) in [5.41, 5.74) is 1.28. The summed E-state index contributed by atoms with van der Waals surface area (Å²) in [7, 11) is 0. The van der Waals surface area contributed by atoms with Crippen LogP contribution in [0.3, 0.4) is 0 Å². The second kappa shape index (κ2) is 5.90. The molecule has 0 N–H and O–H groups in total. The first-order valence-electron chi connectivity index (χ1n) is 5.12. The lowest BCUT2D eigenvalue weighted by Gasteiger charge is -2.15.